The summed E-state index contributed by atoms with van der Waals surface area (Å²) >= 11 is 0. The third-order valence-electron chi connectivity index (χ3n) is 4.58. The zero-order valence-corrected chi connectivity index (χ0v) is 16.0. The molecule has 3 aromatic rings. The third kappa shape index (κ3) is 5.66. The van der Waals surface area contributed by atoms with E-state index in [-0.39, 0.29) is 11.8 Å². The molecule has 1 unspecified atom stereocenters. The first-order chi connectivity index (χ1) is 13.8. The van der Waals surface area contributed by atoms with Gasteiger partial charge in [-0.05, 0) is 23.3 Å². The fourth-order valence-corrected chi connectivity index (χ4v) is 3.11. The van der Waals surface area contributed by atoms with Crippen molar-refractivity contribution in [2.24, 2.45) is 0 Å². The largest absolute Gasteiger partial charge is 0.496 e. The van der Waals surface area contributed by atoms with Crippen molar-refractivity contribution in [3.63, 3.8) is 0 Å². The second kappa shape index (κ2) is 10.2. The minimum Gasteiger partial charge on any atom is -0.496 e. The van der Waals surface area contributed by atoms with Gasteiger partial charge in [-0.1, -0.05) is 84.9 Å². The number of carbonyl (C=O) groups is 1. The highest BCUT2D eigenvalue weighted by atomic mass is 16.5. The number of ketones is 1. The van der Waals surface area contributed by atoms with E-state index >= 15 is 0 Å². The smallest absolute Gasteiger partial charge is 0.157 e. The summed E-state index contributed by atoms with van der Waals surface area (Å²) < 4.78 is 5.52. The van der Waals surface area contributed by atoms with Crippen LogP contribution in [0.5, 0.6) is 5.75 Å². The molecule has 0 aliphatic rings. The number of ether oxygens (including phenoxy) is 1. The monoisotopic (exact) mass is 371 g/mol. The van der Waals surface area contributed by atoms with E-state index in [4.69, 9.17) is 4.74 Å². The van der Waals surface area contributed by atoms with Gasteiger partial charge in [0, 0.05) is 24.6 Å². The van der Waals surface area contributed by atoms with E-state index in [1.165, 1.54) is 5.56 Å². The van der Waals surface area contributed by atoms with E-state index in [1.807, 2.05) is 78.9 Å². The molecule has 0 aromatic heterocycles. The quantitative estimate of drug-likeness (QED) is 0.526. The van der Waals surface area contributed by atoms with Crippen LogP contribution < -0.4 is 10.1 Å². The molecule has 0 spiro atoms. The molecule has 0 amide bonds. The van der Waals surface area contributed by atoms with Crippen LogP contribution in [0.2, 0.25) is 0 Å². The molecule has 3 aromatic carbocycles. The van der Waals surface area contributed by atoms with Crippen LogP contribution in [0.3, 0.4) is 0 Å². The maximum Gasteiger partial charge on any atom is 0.157 e. The fraction of sp³-hybridized carbons (Fsp3) is 0.160. The number of allylic oxidation sites excluding steroid dienone is 1. The highest BCUT2D eigenvalue weighted by molar-refractivity contribution is 5.94. The van der Waals surface area contributed by atoms with Crippen LogP contribution in [-0.4, -0.2) is 12.9 Å². The first kappa shape index (κ1) is 19.6. The van der Waals surface area contributed by atoms with Gasteiger partial charge in [0.25, 0.3) is 0 Å². The van der Waals surface area contributed by atoms with Gasteiger partial charge >= 0.3 is 0 Å². The molecule has 0 saturated heterocycles. The normalized spacial score (nSPS) is 12.0. The van der Waals surface area contributed by atoms with Crippen LogP contribution >= 0.6 is 0 Å². The Kier molecular flexibility index (Phi) is 7.16. The van der Waals surface area contributed by atoms with Crippen LogP contribution in [0.1, 0.15) is 29.2 Å². The number of para-hydroxylation sites is 1. The Balaban J connectivity index is 1.75. The highest BCUT2D eigenvalue weighted by Crippen LogP contribution is 2.27. The van der Waals surface area contributed by atoms with Gasteiger partial charge in [0.05, 0.1) is 7.11 Å². The highest BCUT2D eigenvalue weighted by Gasteiger charge is 2.18. The van der Waals surface area contributed by atoms with Gasteiger partial charge in [-0.2, -0.15) is 0 Å². The second-order valence-corrected chi connectivity index (χ2v) is 6.58. The van der Waals surface area contributed by atoms with Gasteiger partial charge in [0.1, 0.15) is 5.75 Å². The Morgan fingerprint density at radius 1 is 0.929 bits per heavy atom. The Bertz CT molecular complexity index is 904. The summed E-state index contributed by atoms with van der Waals surface area (Å²) in [4.78, 5) is 12.6. The predicted octanol–water partition coefficient (Wildman–Crippen LogP) is 5.20. The van der Waals surface area contributed by atoms with Gasteiger partial charge in [0.15, 0.2) is 5.78 Å². The lowest BCUT2D eigenvalue weighted by molar-refractivity contribution is -0.115. The maximum atomic E-state index is 12.6. The molecule has 1 atom stereocenters. The average molecular weight is 371 g/mol. The maximum absolute atomic E-state index is 12.6. The first-order valence-corrected chi connectivity index (χ1v) is 9.42. The van der Waals surface area contributed by atoms with Crippen LogP contribution in [0.25, 0.3) is 6.08 Å². The molecule has 3 heteroatoms. The molecule has 0 saturated carbocycles. The zero-order chi connectivity index (χ0) is 19.6. The summed E-state index contributed by atoms with van der Waals surface area (Å²) in [6.45, 7) is 0.680. The van der Waals surface area contributed by atoms with E-state index in [1.54, 1.807) is 13.2 Å². The molecule has 3 rings (SSSR count). The molecule has 0 aliphatic carbocycles. The Hall–Kier alpha value is -3.17. The van der Waals surface area contributed by atoms with Crippen LogP contribution in [0.4, 0.5) is 0 Å². The molecule has 0 fully saturated rings. The van der Waals surface area contributed by atoms with Crippen molar-refractivity contribution in [2.75, 3.05) is 7.11 Å². The van der Waals surface area contributed by atoms with Gasteiger partial charge < -0.3 is 10.1 Å². The molecule has 0 heterocycles. The third-order valence-corrected chi connectivity index (χ3v) is 4.58. The minimum atomic E-state index is -0.135. The van der Waals surface area contributed by atoms with Crippen molar-refractivity contribution in [2.45, 2.75) is 19.0 Å². The van der Waals surface area contributed by atoms with E-state index in [0.717, 1.165) is 16.9 Å². The van der Waals surface area contributed by atoms with Crippen LogP contribution in [0.15, 0.2) is 91.0 Å². The van der Waals surface area contributed by atoms with Crippen molar-refractivity contribution in [1.29, 1.82) is 0 Å². The second-order valence-electron chi connectivity index (χ2n) is 6.58. The summed E-state index contributed by atoms with van der Waals surface area (Å²) in [6.07, 6.45) is 3.87. The summed E-state index contributed by atoms with van der Waals surface area (Å²) in [5.41, 5.74) is 3.18. The van der Waals surface area contributed by atoms with E-state index < -0.39 is 0 Å². The molecule has 28 heavy (non-hydrogen) atoms. The van der Waals surface area contributed by atoms with E-state index in [9.17, 15) is 4.79 Å². The van der Waals surface area contributed by atoms with Crippen molar-refractivity contribution in [1.82, 2.24) is 5.32 Å². The first-order valence-electron chi connectivity index (χ1n) is 9.42. The molecule has 3 nitrogen and oxygen atoms in total. The molecule has 0 aliphatic heterocycles. The molecular weight excluding hydrogens is 346 g/mol. The molecular formula is C25H25NO2. The number of hydrogen-bond donors (Lipinski definition) is 1. The number of hydrogen-bond acceptors (Lipinski definition) is 3. The summed E-state index contributed by atoms with van der Waals surface area (Å²) in [7, 11) is 1.66. The summed E-state index contributed by atoms with van der Waals surface area (Å²) in [5, 5.41) is 3.52. The molecule has 142 valence electrons. The molecule has 0 bridgehead atoms. The Morgan fingerprint density at radius 3 is 2.29 bits per heavy atom. The zero-order valence-electron chi connectivity index (χ0n) is 16.0. The average Bonchev–Trinajstić information content (AvgIpc) is 2.76. The molecule has 1 N–H and O–H groups in total. The lowest BCUT2D eigenvalue weighted by atomic mass is 9.99. The number of rotatable bonds is 9. The Morgan fingerprint density at radius 2 is 1.57 bits per heavy atom. The van der Waals surface area contributed by atoms with Crippen LogP contribution in [0, 0.1) is 0 Å². The number of nitrogens with one attached hydrogen (secondary N) is 1. The van der Waals surface area contributed by atoms with Gasteiger partial charge in [-0.25, -0.2) is 0 Å². The van der Waals surface area contributed by atoms with Gasteiger partial charge in [-0.15, -0.1) is 0 Å². The Labute approximate surface area is 166 Å². The minimum absolute atomic E-state index is 0.0697. The summed E-state index contributed by atoms with van der Waals surface area (Å²) in [5.74, 6) is 0.855. The SMILES string of the molecule is COc1ccccc1C(CC(=O)/C=C/c1ccccc1)NCc1ccccc1. The van der Waals surface area contributed by atoms with Crippen molar-refractivity contribution in [3.05, 3.63) is 108 Å². The van der Waals surface area contributed by atoms with Crippen molar-refractivity contribution < 1.29 is 9.53 Å². The molecule has 0 radical (unpaired) electrons. The predicted molar refractivity (Wildman–Crippen MR) is 114 cm³/mol. The number of methoxy groups -OCH3 is 1. The van der Waals surface area contributed by atoms with E-state index in [2.05, 4.69) is 17.4 Å². The lowest BCUT2D eigenvalue weighted by Crippen LogP contribution is -2.23. The lowest BCUT2D eigenvalue weighted by Gasteiger charge is -2.20. The number of carbonyl (C=O) groups excluding carboxylic acids is 1. The van der Waals surface area contributed by atoms with Crippen molar-refractivity contribution in [3.8, 4) is 5.75 Å². The van der Waals surface area contributed by atoms with Gasteiger partial charge in [-0.3, -0.25) is 4.79 Å². The topological polar surface area (TPSA) is 38.3 Å². The summed E-state index contributed by atoms with van der Waals surface area (Å²) in [6, 6.07) is 27.7. The van der Waals surface area contributed by atoms with Crippen molar-refractivity contribution >= 4 is 11.9 Å². The fourth-order valence-electron chi connectivity index (χ4n) is 3.11. The van der Waals surface area contributed by atoms with Crippen LogP contribution in [-0.2, 0) is 11.3 Å². The number of benzene rings is 3. The van der Waals surface area contributed by atoms with E-state index in [0.29, 0.717) is 13.0 Å². The van der Waals surface area contributed by atoms with Gasteiger partial charge in [0.2, 0.25) is 0 Å². The standard InChI is InChI=1S/C25H25NO2/c1-28-25-15-9-8-14-23(25)24(26-19-21-12-6-3-7-13-21)18-22(27)17-16-20-10-4-2-5-11-20/h2-17,24,26H,18-19H2,1H3/b17-16+.